The number of carbonyl (C=O) groups excluding carboxylic acids is 2. The van der Waals surface area contributed by atoms with E-state index in [0.29, 0.717) is 24.6 Å². The predicted octanol–water partition coefficient (Wildman–Crippen LogP) is 3.60. The van der Waals surface area contributed by atoms with Crippen LogP contribution in [0.1, 0.15) is 54.1 Å². The number of aromatic nitrogens is 2. The highest BCUT2D eigenvalue weighted by molar-refractivity contribution is 5.98. The zero-order valence-electron chi connectivity index (χ0n) is 18.5. The standard InChI is InChI=1S/C24H32N4O2/c1-17(2)15-20-5-7-21(8-6-20)22(29)9-10-24(30)28-13-11-27(12-14-28)23-16-18(3)25-19(4)26-23/h5-8,16-17H,9-15H2,1-4H3. The van der Waals surface area contributed by atoms with Gasteiger partial charge in [-0.2, -0.15) is 0 Å². The van der Waals surface area contributed by atoms with Gasteiger partial charge in [-0.25, -0.2) is 9.97 Å². The Morgan fingerprint density at radius 1 is 0.967 bits per heavy atom. The number of hydrogen-bond acceptors (Lipinski definition) is 5. The molecule has 1 aliphatic heterocycles. The Labute approximate surface area is 179 Å². The molecule has 2 heterocycles. The number of nitrogens with zero attached hydrogens (tertiary/aromatic N) is 4. The van der Waals surface area contributed by atoms with E-state index in [9.17, 15) is 9.59 Å². The van der Waals surface area contributed by atoms with Crippen LogP contribution in [0, 0.1) is 19.8 Å². The van der Waals surface area contributed by atoms with Gasteiger partial charge in [-0.05, 0) is 31.7 Å². The molecule has 1 aromatic carbocycles. The van der Waals surface area contributed by atoms with Crippen molar-refractivity contribution in [3.05, 3.63) is 53.0 Å². The topological polar surface area (TPSA) is 66.4 Å². The lowest BCUT2D eigenvalue weighted by molar-refractivity contribution is -0.131. The molecule has 0 saturated carbocycles. The number of Topliss-reactive ketones (excluding diaryl/α,β-unsaturated/α-hetero) is 1. The van der Waals surface area contributed by atoms with Crippen LogP contribution in [0.5, 0.6) is 0 Å². The van der Waals surface area contributed by atoms with Crippen molar-refractivity contribution in [1.82, 2.24) is 14.9 Å². The largest absolute Gasteiger partial charge is 0.353 e. The highest BCUT2D eigenvalue weighted by Crippen LogP contribution is 2.16. The van der Waals surface area contributed by atoms with Crippen LogP contribution >= 0.6 is 0 Å². The highest BCUT2D eigenvalue weighted by atomic mass is 16.2. The molecule has 0 N–H and O–H groups in total. The molecule has 0 aliphatic carbocycles. The van der Waals surface area contributed by atoms with Crippen molar-refractivity contribution in [1.29, 1.82) is 0 Å². The van der Waals surface area contributed by atoms with Crippen molar-refractivity contribution in [2.24, 2.45) is 5.92 Å². The van der Waals surface area contributed by atoms with Crippen molar-refractivity contribution in [2.75, 3.05) is 31.1 Å². The Morgan fingerprint density at radius 3 is 2.23 bits per heavy atom. The molecule has 0 unspecified atom stereocenters. The average Bonchev–Trinajstić information content (AvgIpc) is 2.71. The molecule has 1 aromatic heterocycles. The lowest BCUT2D eigenvalue weighted by atomic mass is 9.99. The minimum atomic E-state index is 0.0324. The summed E-state index contributed by atoms with van der Waals surface area (Å²) in [4.78, 5) is 37.9. The Morgan fingerprint density at radius 2 is 1.63 bits per heavy atom. The van der Waals surface area contributed by atoms with Gasteiger partial charge in [-0.1, -0.05) is 38.1 Å². The van der Waals surface area contributed by atoms with Gasteiger partial charge in [0.15, 0.2) is 5.78 Å². The molecule has 30 heavy (non-hydrogen) atoms. The van der Waals surface area contributed by atoms with Gasteiger partial charge in [-0.15, -0.1) is 0 Å². The molecule has 1 fully saturated rings. The molecule has 0 radical (unpaired) electrons. The van der Waals surface area contributed by atoms with Crippen molar-refractivity contribution in [3.63, 3.8) is 0 Å². The van der Waals surface area contributed by atoms with Gasteiger partial charge in [0.1, 0.15) is 11.6 Å². The summed E-state index contributed by atoms with van der Waals surface area (Å²) in [6, 6.07) is 9.79. The third kappa shape index (κ3) is 5.88. The van der Waals surface area contributed by atoms with E-state index in [1.807, 2.05) is 49.1 Å². The maximum atomic E-state index is 12.6. The van der Waals surface area contributed by atoms with E-state index in [1.165, 1.54) is 5.56 Å². The van der Waals surface area contributed by atoms with Gasteiger partial charge < -0.3 is 9.80 Å². The number of anilines is 1. The monoisotopic (exact) mass is 408 g/mol. The molecular formula is C24H32N4O2. The van der Waals surface area contributed by atoms with Crippen LogP contribution in [0.3, 0.4) is 0 Å². The van der Waals surface area contributed by atoms with E-state index in [-0.39, 0.29) is 24.5 Å². The van der Waals surface area contributed by atoms with E-state index < -0.39 is 0 Å². The molecule has 160 valence electrons. The van der Waals surface area contributed by atoms with Crippen LogP contribution in [0.15, 0.2) is 30.3 Å². The molecule has 6 nitrogen and oxygen atoms in total. The minimum Gasteiger partial charge on any atom is -0.353 e. The number of hydrogen-bond donors (Lipinski definition) is 0. The number of aryl methyl sites for hydroxylation is 2. The maximum Gasteiger partial charge on any atom is 0.223 e. The zero-order chi connectivity index (χ0) is 21.7. The second kappa shape index (κ2) is 9.83. The summed E-state index contributed by atoms with van der Waals surface area (Å²) < 4.78 is 0. The van der Waals surface area contributed by atoms with Gasteiger partial charge in [-0.3, -0.25) is 9.59 Å². The lowest BCUT2D eigenvalue weighted by Gasteiger charge is -2.35. The Hall–Kier alpha value is -2.76. The second-order valence-electron chi connectivity index (χ2n) is 8.50. The first-order valence-electron chi connectivity index (χ1n) is 10.8. The minimum absolute atomic E-state index is 0.0324. The quantitative estimate of drug-likeness (QED) is 0.655. The van der Waals surface area contributed by atoms with E-state index >= 15 is 0 Å². The van der Waals surface area contributed by atoms with Crippen LogP contribution < -0.4 is 4.90 Å². The van der Waals surface area contributed by atoms with E-state index in [4.69, 9.17) is 0 Å². The Balaban J connectivity index is 1.47. The smallest absolute Gasteiger partial charge is 0.223 e. The summed E-state index contributed by atoms with van der Waals surface area (Å²) in [5, 5.41) is 0. The molecule has 1 amide bonds. The number of benzene rings is 1. The van der Waals surface area contributed by atoms with E-state index in [1.54, 1.807) is 0 Å². The first-order valence-corrected chi connectivity index (χ1v) is 10.8. The van der Waals surface area contributed by atoms with Crippen molar-refractivity contribution < 1.29 is 9.59 Å². The third-order valence-corrected chi connectivity index (χ3v) is 5.39. The van der Waals surface area contributed by atoms with Gasteiger partial charge in [0.05, 0.1) is 0 Å². The zero-order valence-corrected chi connectivity index (χ0v) is 18.5. The van der Waals surface area contributed by atoms with Crippen molar-refractivity contribution in [3.8, 4) is 0 Å². The summed E-state index contributed by atoms with van der Waals surface area (Å²) in [7, 11) is 0. The first kappa shape index (κ1) is 21.9. The molecule has 1 aliphatic rings. The van der Waals surface area contributed by atoms with Crippen LogP contribution in [-0.4, -0.2) is 52.7 Å². The fourth-order valence-corrected chi connectivity index (χ4v) is 3.87. The van der Waals surface area contributed by atoms with Gasteiger partial charge >= 0.3 is 0 Å². The SMILES string of the molecule is Cc1cc(N2CCN(C(=O)CCC(=O)c3ccc(CC(C)C)cc3)CC2)nc(C)n1. The normalized spacial score (nSPS) is 14.3. The molecule has 0 atom stereocenters. The van der Waals surface area contributed by atoms with Crippen molar-refractivity contribution >= 4 is 17.5 Å². The van der Waals surface area contributed by atoms with Crippen LogP contribution in [0.2, 0.25) is 0 Å². The fourth-order valence-electron chi connectivity index (χ4n) is 3.87. The average molecular weight is 409 g/mol. The number of piperazine rings is 1. The fraction of sp³-hybridized carbons (Fsp3) is 0.500. The molecule has 1 saturated heterocycles. The summed E-state index contributed by atoms with van der Waals surface area (Å²) >= 11 is 0. The molecule has 0 spiro atoms. The van der Waals surface area contributed by atoms with E-state index in [2.05, 4.69) is 28.7 Å². The van der Waals surface area contributed by atoms with Gasteiger partial charge in [0, 0.05) is 56.3 Å². The van der Waals surface area contributed by atoms with Crippen LogP contribution in [0.4, 0.5) is 5.82 Å². The first-order chi connectivity index (χ1) is 14.3. The highest BCUT2D eigenvalue weighted by Gasteiger charge is 2.22. The molecule has 0 bridgehead atoms. The summed E-state index contributed by atoms with van der Waals surface area (Å²) in [6.45, 7) is 11.0. The van der Waals surface area contributed by atoms with Crippen LogP contribution in [0.25, 0.3) is 0 Å². The Bertz CT molecular complexity index is 864. The lowest BCUT2D eigenvalue weighted by Crippen LogP contribution is -2.49. The Kier molecular flexibility index (Phi) is 7.19. The van der Waals surface area contributed by atoms with Gasteiger partial charge in [0.2, 0.25) is 5.91 Å². The summed E-state index contributed by atoms with van der Waals surface area (Å²) in [6.07, 6.45) is 1.53. The second-order valence-corrected chi connectivity index (χ2v) is 8.50. The summed E-state index contributed by atoms with van der Waals surface area (Å²) in [5.74, 6) is 2.36. The van der Waals surface area contributed by atoms with Gasteiger partial charge in [0.25, 0.3) is 0 Å². The van der Waals surface area contributed by atoms with Crippen molar-refractivity contribution in [2.45, 2.75) is 47.0 Å². The number of amides is 1. The molecule has 6 heteroatoms. The molecule has 2 aromatic rings. The third-order valence-electron chi connectivity index (χ3n) is 5.39. The number of ketones is 1. The predicted molar refractivity (Wildman–Crippen MR) is 119 cm³/mol. The maximum absolute atomic E-state index is 12.6. The number of rotatable bonds is 7. The molecule has 3 rings (SSSR count). The molecular weight excluding hydrogens is 376 g/mol. The summed E-state index contributed by atoms with van der Waals surface area (Å²) in [5.41, 5.74) is 2.88. The van der Waals surface area contributed by atoms with Crippen LogP contribution in [-0.2, 0) is 11.2 Å². The number of carbonyl (C=O) groups is 2. The van der Waals surface area contributed by atoms with E-state index in [0.717, 1.165) is 36.8 Å².